The van der Waals surface area contributed by atoms with Gasteiger partial charge in [0.1, 0.15) is 11.3 Å². The summed E-state index contributed by atoms with van der Waals surface area (Å²) in [5, 5.41) is 1.63. The van der Waals surface area contributed by atoms with Gasteiger partial charge in [-0.15, -0.1) is 11.6 Å². The second kappa shape index (κ2) is 4.99. The second-order valence-electron chi connectivity index (χ2n) is 4.15. The van der Waals surface area contributed by atoms with E-state index in [9.17, 15) is 13.6 Å². The number of benzene rings is 1. The van der Waals surface area contributed by atoms with E-state index in [0.717, 1.165) is 17.4 Å². The minimum atomic E-state index is -0.969. The van der Waals surface area contributed by atoms with E-state index in [4.69, 9.17) is 11.6 Å². The lowest BCUT2D eigenvalue weighted by Gasteiger charge is -2.06. The van der Waals surface area contributed by atoms with Gasteiger partial charge in [-0.3, -0.25) is 4.79 Å². The van der Waals surface area contributed by atoms with E-state index in [0.29, 0.717) is 17.0 Å². The summed E-state index contributed by atoms with van der Waals surface area (Å²) in [7, 11) is 0. The van der Waals surface area contributed by atoms with Gasteiger partial charge in [0.25, 0.3) is 0 Å². The number of hydrogen-bond donors (Lipinski definition) is 1. The van der Waals surface area contributed by atoms with E-state index in [1.165, 1.54) is 10.6 Å². The van der Waals surface area contributed by atoms with Gasteiger partial charge in [-0.25, -0.2) is 13.8 Å². The van der Waals surface area contributed by atoms with Crippen LogP contribution in [0.5, 0.6) is 0 Å². The van der Waals surface area contributed by atoms with Gasteiger partial charge in [-0.1, -0.05) is 11.3 Å². The topological polar surface area (TPSA) is 50.7 Å². The van der Waals surface area contributed by atoms with E-state index < -0.39 is 11.6 Å². The molecule has 0 saturated heterocycles. The molecule has 0 fully saturated rings. The monoisotopic (exact) mass is 315 g/mol. The van der Waals surface area contributed by atoms with Gasteiger partial charge in [0.2, 0.25) is 0 Å². The molecule has 104 valence electrons. The predicted molar refractivity (Wildman–Crippen MR) is 73.2 cm³/mol. The van der Waals surface area contributed by atoms with Crippen molar-refractivity contribution in [3.8, 4) is 0 Å². The van der Waals surface area contributed by atoms with Crippen LogP contribution < -0.4 is 4.87 Å². The van der Waals surface area contributed by atoms with Crippen molar-refractivity contribution in [1.82, 2.24) is 14.5 Å². The molecule has 3 rings (SSSR count). The summed E-state index contributed by atoms with van der Waals surface area (Å²) >= 11 is 6.81. The number of aromatic nitrogens is 3. The van der Waals surface area contributed by atoms with Crippen LogP contribution in [0.4, 0.5) is 8.78 Å². The maximum absolute atomic E-state index is 14.0. The van der Waals surface area contributed by atoms with Crippen molar-refractivity contribution in [3.63, 3.8) is 0 Å². The third-order valence-electron chi connectivity index (χ3n) is 2.90. The Labute approximate surface area is 120 Å². The van der Waals surface area contributed by atoms with Crippen molar-refractivity contribution in [3.05, 3.63) is 50.3 Å². The van der Waals surface area contributed by atoms with Crippen LogP contribution in [0.15, 0.2) is 22.3 Å². The van der Waals surface area contributed by atoms with Gasteiger partial charge in [0.15, 0.2) is 11.6 Å². The number of imidazole rings is 1. The Morgan fingerprint density at radius 1 is 1.40 bits per heavy atom. The van der Waals surface area contributed by atoms with Gasteiger partial charge < -0.3 is 9.55 Å². The number of fused-ring (bicyclic) bond motifs is 1. The molecule has 4 nitrogen and oxygen atoms in total. The third-order valence-corrected chi connectivity index (χ3v) is 3.86. The number of rotatable bonds is 3. The van der Waals surface area contributed by atoms with Gasteiger partial charge >= 0.3 is 4.87 Å². The molecule has 0 spiro atoms. The zero-order valence-electron chi connectivity index (χ0n) is 9.99. The largest absolute Gasteiger partial charge is 0.318 e. The molecule has 0 bridgehead atoms. The summed E-state index contributed by atoms with van der Waals surface area (Å²) < 4.78 is 28.8. The van der Waals surface area contributed by atoms with Crippen molar-refractivity contribution in [2.24, 2.45) is 0 Å². The Bertz CT molecular complexity index is 839. The van der Waals surface area contributed by atoms with Crippen molar-refractivity contribution in [2.45, 2.75) is 12.4 Å². The summed E-state index contributed by atoms with van der Waals surface area (Å²) in [4.78, 5) is 17.7. The number of nitrogens with zero attached hydrogens (tertiary/aromatic N) is 2. The van der Waals surface area contributed by atoms with Crippen LogP contribution in [-0.4, -0.2) is 14.5 Å². The Morgan fingerprint density at radius 3 is 2.85 bits per heavy atom. The zero-order valence-corrected chi connectivity index (χ0v) is 11.6. The number of nitrogens with one attached hydrogen (secondary N) is 1. The lowest BCUT2D eigenvalue weighted by Crippen LogP contribution is -2.07. The Morgan fingerprint density at radius 2 is 2.20 bits per heavy atom. The minimum Gasteiger partial charge on any atom is -0.318 e. The highest BCUT2D eigenvalue weighted by molar-refractivity contribution is 7.07. The summed E-state index contributed by atoms with van der Waals surface area (Å²) in [5.41, 5.74) is 0.971. The first-order valence-electron chi connectivity index (χ1n) is 5.66. The molecule has 0 saturated carbocycles. The minimum absolute atomic E-state index is 0.0488. The molecular formula is C12H8ClF2N3OS. The van der Waals surface area contributed by atoms with Crippen molar-refractivity contribution >= 4 is 34.0 Å². The third kappa shape index (κ3) is 2.12. The molecule has 2 aromatic heterocycles. The Hall–Kier alpha value is -1.73. The number of H-pyrrole nitrogens is 1. The second-order valence-corrected chi connectivity index (χ2v) is 5.26. The van der Waals surface area contributed by atoms with Crippen LogP contribution in [0.2, 0.25) is 0 Å². The summed E-state index contributed by atoms with van der Waals surface area (Å²) in [5.74, 6) is -1.44. The molecule has 0 radical (unpaired) electrons. The highest BCUT2D eigenvalue weighted by Gasteiger charge is 2.17. The predicted octanol–water partition coefficient (Wildman–Crippen LogP) is 2.85. The van der Waals surface area contributed by atoms with Gasteiger partial charge in [-0.2, -0.15) is 0 Å². The lowest BCUT2D eigenvalue weighted by molar-refractivity contribution is 0.512. The molecule has 2 heterocycles. The van der Waals surface area contributed by atoms with Gasteiger partial charge in [0, 0.05) is 11.1 Å². The number of halogens is 3. The van der Waals surface area contributed by atoms with Crippen molar-refractivity contribution in [2.75, 3.05) is 0 Å². The molecule has 20 heavy (non-hydrogen) atoms. The van der Waals surface area contributed by atoms with Crippen LogP contribution in [0.25, 0.3) is 11.0 Å². The standard InChI is InChI=1S/C12H8ClF2N3OS/c13-3-9-17-8-2-1-7(14)10(15)11(8)18(9)4-6-5-20-12(19)16-6/h1-2,5H,3-4H2,(H,16,19). The fraction of sp³-hybridized carbons (Fsp3) is 0.167. The molecule has 0 aliphatic rings. The number of hydrogen-bond acceptors (Lipinski definition) is 3. The average Bonchev–Trinajstić information content (AvgIpc) is 2.99. The molecule has 0 aliphatic heterocycles. The van der Waals surface area contributed by atoms with Crippen LogP contribution in [0.1, 0.15) is 11.5 Å². The lowest BCUT2D eigenvalue weighted by atomic mass is 10.3. The van der Waals surface area contributed by atoms with Crippen molar-refractivity contribution < 1.29 is 8.78 Å². The highest BCUT2D eigenvalue weighted by Crippen LogP contribution is 2.23. The van der Waals surface area contributed by atoms with Crippen molar-refractivity contribution in [1.29, 1.82) is 0 Å². The summed E-state index contributed by atoms with van der Waals surface area (Å²) in [6.07, 6.45) is 0. The fourth-order valence-electron chi connectivity index (χ4n) is 2.04. The summed E-state index contributed by atoms with van der Waals surface area (Å²) in [6, 6.07) is 2.43. The fourth-order valence-corrected chi connectivity index (χ4v) is 2.82. The van der Waals surface area contributed by atoms with Crippen LogP contribution in [-0.2, 0) is 12.4 Å². The maximum Gasteiger partial charge on any atom is 0.304 e. The van der Waals surface area contributed by atoms with E-state index in [-0.39, 0.29) is 22.8 Å². The molecule has 0 amide bonds. The quantitative estimate of drug-likeness (QED) is 0.756. The molecule has 3 aromatic rings. The van der Waals surface area contributed by atoms with Crippen LogP contribution in [0, 0.1) is 11.6 Å². The van der Waals surface area contributed by atoms with Gasteiger partial charge in [-0.05, 0) is 12.1 Å². The first kappa shape index (κ1) is 13.3. The smallest absolute Gasteiger partial charge is 0.304 e. The first-order chi connectivity index (χ1) is 9.60. The molecular weight excluding hydrogens is 308 g/mol. The molecule has 0 unspecified atom stereocenters. The first-order valence-corrected chi connectivity index (χ1v) is 7.07. The molecule has 0 atom stereocenters. The Balaban J connectivity index is 2.21. The molecule has 1 aromatic carbocycles. The number of aromatic amines is 1. The zero-order chi connectivity index (χ0) is 14.3. The van der Waals surface area contributed by atoms with E-state index in [1.807, 2.05) is 0 Å². The SMILES string of the molecule is O=c1[nH]c(Cn2c(CCl)nc3ccc(F)c(F)c32)cs1. The van der Waals surface area contributed by atoms with E-state index >= 15 is 0 Å². The maximum atomic E-state index is 14.0. The number of thiazole rings is 1. The van der Waals surface area contributed by atoms with E-state index in [1.54, 1.807) is 5.38 Å². The van der Waals surface area contributed by atoms with Gasteiger partial charge in [0.05, 0.1) is 17.9 Å². The highest BCUT2D eigenvalue weighted by atomic mass is 35.5. The number of alkyl halides is 1. The van der Waals surface area contributed by atoms with E-state index in [2.05, 4.69) is 9.97 Å². The normalized spacial score (nSPS) is 11.3. The molecule has 1 N–H and O–H groups in total. The average molecular weight is 316 g/mol. The molecule has 8 heteroatoms. The molecule has 0 aliphatic carbocycles. The van der Waals surface area contributed by atoms with Crippen LogP contribution >= 0.6 is 22.9 Å². The Kier molecular flexibility index (Phi) is 3.31. The van der Waals surface area contributed by atoms with Crippen LogP contribution in [0.3, 0.4) is 0 Å². The summed E-state index contributed by atoms with van der Waals surface area (Å²) in [6.45, 7) is 0.178.